The highest BCUT2D eigenvalue weighted by atomic mass is 16.1. The van der Waals surface area contributed by atoms with Crippen molar-refractivity contribution in [2.24, 2.45) is 0 Å². The maximum Gasteiger partial charge on any atom is 0.215 e. The second-order valence-electron chi connectivity index (χ2n) is 5.94. The summed E-state index contributed by atoms with van der Waals surface area (Å²) in [4.78, 5) is 12.7. The Morgan fingerprint density at radius 1 is 1.24 bits per heavy atom. The minimum absolute atomic E-state index is 0.00367. The summed E-state index contributed by atoms with van der Waals surface area (Å²) >= 11 is 0. The number of hydrogen-bond acceptors (Lipinski definition) is 4. The van der Waals surface area contributed by atoms with Gasteiger partial charge in [0.1, 0.15) is 0 Å². The van der Waals surface area contributed by atoms with Gasteiger partial charge in [0.25, 0.3) is 0 Å². The van der Waals surface area contributed by atoms with Crippen LogP contribution in [0.2, 0.25) is 0 Å². The molecule has 0 bridgehead atoms. The van der Waals surface area contributed by atoms with E-state index in [4.69, 9.17) is 0 Å². The quantitative estimate of drug-likeness (QED) is 0.870. The third kappa shape index (κ3) is 2.17. The van der Waals surface area contributed by atoms with Crippen molar-refractivity contribution in [3.63, 3.8) is 0 Å². The average Bonchev–Trinajstić information content (AvgIpc) is 2.84. The van der Waals surface area contributed by atoms with Crippen LogP contribution in [0.5, 0.6) is 0 Å². The zero-order valence-electron chi connectivity index (χ0n) is 11.8. The van der Waals surface area contributed by atoms with Gasteiger partial charge < -0.3 is 5.32 Å². The largest absolute Gasteiger partial charge is 0.312 e. The van der Waals surface area contributed by atoms with Gasteiger partial charge in [-0.05, 0) is 24.3 Å². The molecule has 1 saturated carbocycles. The first kappa shape index (κ1) is 12.7. The minimum Gasteiger partial charge on any atom is -0.312 e. The molecule has 2 aliphatic rings. The lowest BCUT2D eigenvalue weighted by Crippen LogP contribution is -2.43. The van der Waals surface area contributed by atoms with Crippen LogP contribution >= 0.6 is 0 Å². The summed E-state index contributed by atoms with van der Waals surface area (Å²) in [6.45, 7) is 1.80. The molecule has 1 saturated heterocycles. The first-order chi connectivity index (χ1) is 10.3. The molecule has 0 spiro atoms. The van der Waals surface area contributed by atoms with E-state index in [9.17, 15) is 4.79 Å². The third-order valence-corrected chi connectivity index (χ3v) is 4.63. The van der Waals surface area contributed by atoms with Crippen LogP contribution in [0.1, 0.15) is 52.8 Å². The molecule has 1 aromatic heterocycles. The standard InChI is InChI=1S/C16H18N4O/c21-16(15-10-20(19-18-15)12-8-17-9-12)14-7-2-1-6-13(14)11-4-3-5-11/h1-2,6-7,10-12,17H,3-5,8-9H2. The maximum atomic E-state index is 12.7. The van der Waals surface area contributed by atoms with Crippen molar-refractivity contribution in [1.82, 2.24) is 20.3 Å². The lowest BCUT2D eigenvalue weighted by molar-refractivity contribution is 0.103. The molecule has 2 heterocycles. The summed E-state index contributed by atoms with van der Waals surface area (Å²) in [7, 11) is 0. The van der Waals surface area contributed by atoms with E-state index in [1.54, 1.807) is 10.9 Å². The van der Waals surface area contributed by atoms with Gasteiger partial charge >= 0.3 is 0 Å². The Morgan fingerprint density at radius 2 is 2.05 bits per heavy atom. The van der Waals surface area contributed by atoms with Crippen LogP contribution in [0.3, 0.4) is 0 Å². The molecule has 1 aliphatic heterocycles. The summed E-state index contributed by atoms with van der Waals surface area (Å²) in [6.07, 6.45) is 5.42. The number of rotatable bonds is 4. The molecule has 21 heavy (non-hydrogen) atoms. The number of nitrogens with one attached hydrogen (secondary N) is 1. The SMILES string of the molecule is O=C(c1cn(C2CNC2)nn1)c1ccccc1C1CCC1. The van der Waals surface area contributed by atoms with E-state index in [0.29, 0.717) is 17.7 Å². The highest BCUT2D eigenvalue weighted by Crippen LogP contribution is 2.38. The van der Waals surface area contributed by atoms with E-state index in [1.165, 1.54) is 24.8 Å². The Kier molecular flexibility index (Phi) is 3.07. The molecule has 5 heteroatoms. The van der Waals surface area contributed by atoms with E-state index in [-0.39, 0.29) is 5.78 Å². The van der Waals surface area contributed by atoms with Gasteiger partial charge in [0, 0.05) is 18.7 Å². The monoisotopic (exact) mass is 282 g/mol. The van der Waals surface area contributed by atoms with Gasteiger partial charge in [0.05, 0.1) is 12.2 Å². The lowest BCUT2D eigenvalue weighted by Gasteiger charge is -2.27. The number of benzene rings is 1. The fraction of sp³-hybridized carbons (Fsp3) is 0.438. The van der Waals surface area contributed by atoms with Gasteiger partial charge in [0.2, 0.25) is 5.78 Å². The van der Waals surface area contributed by atoms with E-state index in [1.807, 2.05) is 18.2 Å². The van der Waals surface area contributed by atoms with Crippen LogP contribution in [0.15, 0.2) is 30.5 Å². The molecule has 1 aromatic carbocycles. The molecule has 0 atom stereocenters. The number of ketones is 1. The molecule has 1 aliphatic carbocycles. The molecule has 2 fully saturated rings. The topological polar surface area (TPSA) is 59.8 Å². The Balaban J connectivity index is 1.63. The maximum absolute atomic E-state index is 12.7. The molecule has 108 valence electrons. The van der Waals surface area contributed by atoms with Crippen molar-refractivity contribution in [2.45, 2.75) is 31.2 Å². The summed E-state index contributed by atoms with van der Waals surface area (Å²) in [5.74, 6) is 0.534. The first-order valence-corrected chi connectivity index (χ1v) is 7.59. The highest BCUT2D eigenvalue weighted by Gasteiger charge is 2.27. The van der Waals surface area contributed by atoms with Crippen molar-refractivity contribution in [3.05, 3.63) is 47.3 Å². The van der Waals surface area contributed by atoms with E-state index in [2.05, 4.69) is 21.7 Å². The first-order valence-electron chi connectivity index (χ1n) is 7.59. The Morgan fingerprint density at radius 3 is 2.71 bits per heavy atom. The highest BCUT2D eigenvalue weighted by molar-refractivity contribution is 6.08. The predicted molar refractivity (Wildman–Crippen MR) is 78.4 cm³/mol. The van der Waals surface area contributed by atoms with Crippen molar-refractivity contribution in [1.29, 1.82) is 0 Å². The van der Waals surface area contributed by atoms with Crippen molar-refractivity contribution in [2.75, 3.05) is 13.1 Å². The minimum atomic E-state index is -0.00367. The molecular weight excluding hydrogens is 264 g/mol. The second kappa shape index (κ2) is 5.07. The van der Waals surface area contributed by atoms with Crippen LogP contribution in [0.4, 0.5) is 0 Å². The zero-order valence-corrected chi connectivity index (χ0v) is 11.8. The Hall–Kier alpha value is -2.01. The van der Waals surface area contributed by atoms with Crippen molar-refractivity contribution < 1.29 is 4.79 Å². The summed E-state index contributed by atoms with van der Waals surface area (Å²) < 4.78 is 1.80. The van der Waals surface area contributed by atoms with Gasteiger partial charge in [-0.3, -0.25) is 4.79 Å². The second-order valence-corrected chi connectivity index (χ2v) is 5.94. The van der Waals surface area contributed by atoms with E-state index in [0.717, 1.165) is 18.7 Å². The van der Waals surface area contributed by atoms with Crippen LogP contribution in [-0.2, 0) is 0 Å². The average molecular weight is 282 g/mol. The molecule has 0 amide bonds. The van der Waals surface area contributed by atoms with Crippen LogP contribution < -0.4 is 5.32 Å². The van der Waals surface area contributed by atoms with Gasteiger partial charge in [-0.1, -0.05) is 35.9 Å². The number of aromatic nitrogens is 3. The fourth-order valence-corrected chi connectivity index (χ4v) is 2.94. The van der Waals surface area contributed by atoms with Crippen LogP contribution in [0.25, 0.3) is 0 Å². The van der Waals surface area contributed by atoms with Crippen LogP contribution in [-0.4, -0.2) is 33.9 Å². The van der Waals surface area contributed by atoms with E-state index >= 15 is 0 Å². The van der Waals surface area contributed by atoms with Gasteiger partial charge in [-0.2, -0.15) is 0 Å². The number of carbonyl (C=O) groups excluding carboxylic acids is 1. The molecule has 5 nitrogen and oxygen atoms in total. The molecular formula is C16H18N4O. The van der Waals surface area contributed by atoms with Gasteiger partial charge in [-0.25, -0.2) is 4.68 Å². The van der Waals surface area contributed by atoms with Crippen molar-refractivity contribution in [3.8, 4) is 0 Å². The molecule has 1 N–H and O–H groups in total. The Labute approximate surface area is 123 Å². The third-order valence-electron chi connectivity index (χ3n) is 4.63. The smallest absolute Gasteiger partial charge is 0.215 e. The van der Waals surface area contributed by atoms with Gasteiger partial charge in [-0.15, -0.1) is 5.10 Å². The number of nitrogens with zero attached hydrogens (tertiary/aromatic N) is 3. The summed E-state index contributed by atoms with van der Waals surface area (Å²) in [5, 5.41) is 11.4. The summed E-state index contributed by atoms with van der Waals surface area (Å²) in [6, 6.07) is 8.27. The molecule has 0 radical (unpaired) electrons. The molecule has 0 unspecified atom stereocenters. The van der Waals surface area contributed by atoms with E-state index < -0.39 is 0 Å². The summed E-state index contributed by atoms with van der Waals surface area (Å²) in [5.41, 5.74) is 2.42. The number of carbonyl (C=O) groups is 1. The Bertz CT molecular complexity index is 670. The predicted octanol–water partition coefficient (Wildman–Crippen LogP) is 1.92. The van der Waals surface area contributed by atoms with Crippen molar-refractivity contribution >= 4 is 5.78 Å². The molecule has 4 rings (SSSR count). The number of hydrogen-bond donors (Lipinski definition) is 1. The van der Waals surface area contributed by atoms with Gasteiger partial charge in [0.15, 0.2) is 5.69 Å². The van der Waals surface area contributed by atoms with Crippen LogP contribution in [0, 0.1) is 0 Å². The normalized spacial score (nSPS) is 19.0. The molecule has 2 aromatic rings. The zero-order chi connectivity index (χ0) is 14.2. The lowest BCUT2D eigenvalue weighted by atomic mass is 9.77. The fourth-order valence-electron chi connectivity index (χ4n) is 2.94.